The van der Waals surface area contributed by atoms with E-state index in [9.17, 15) is 4.79 Å². The summed E-state index contributed by atoms with van der Waals surface area (Å²) in [5.74, 6) is -0.0133. The number of carbonyl (C=O) groups is 1. The Morgan fingerprint density at radius 2 is 2.09 bits per heavy atom. The number of hydrogen-bond acceptors (Lipinski definition) is 3. The van der Waals surface area contributed by atoms with Gasteiger partial charge in [-0.25, -0.2) is 0 Å². The van der Waals surface area contributed by atoms with Crippen LogP contribution in [0.25, 0.3) is 11.1 Å². The van der Waals surface area contributed by atoms with Crippen LogP contribution in [-0.4, -0.2) is 19.0 Å². The van der Waals surface area contributed by atoms with Gasteiger partial charge in [0.2, 0.25) is 5.91 Å². The predicted octanol–water partition coefficient (Wildman–Crippen LogP) is 4.25. The summed E-state index contributed by atoms with van der Waals surface area (Å²) in [5.41, 5.74) is 3.40. The summed E-state index contributed by atoms with van der Waals surface area (Å²) in [6.07, 6.45) is 1.68. The Hall–Kier alpha value is -1.72. The number of nitrogens with zero attached hydrogens (tertiary/aromatic N) is 1. The Morgan fingerprint density at radius 1 is 1.27 bits per heavy atom. The van der Waals surface area contributed by atoms with Gasteiger partial charge in [-0.3, -0.25) is 4.79 Å². The molecular formula is C17H15BrN2OS. The van der Waals surface area contributed by atoms with Gasteiger partial charge < -0.3 is 9.62 Å². The number of carbonyl (C=O) groups excluding carboxylic acids is 1. The third kappa shape index (κ3) is 3.05. The Kier molecular flexibility index (Phi) is 4.55. The number of amides is 1. The van der Waals surface area contributed by atoms with Gasteiger partial charge in [-0.2, -0.15) is 0 Å². The summed E-state index contributed by atoms with van der Waals surface area (Å²) < 4.78 is 3.06. The van der Waals surface area contributed by atoms with Gasteiger partial charge in [-0.15, -0.1) is 6.58 Å². The molecule has 0 saturated carbocycles. The number of nitrogens with one attached hydrogen (secondary N) is 1. The lowest BCUT2D eigenvalue weighted by molar-refractivity contribution is -0.119. The molecule has 3 rings (SSSR count). The Labute approximate surface area is 142 Å². The Bertz CT molecular complexity index is 732. The van der Waals surface area contributed by atoms with Gasteiger partial charge in [0.25, 0.3) is 0 Å². The van der Waals surface area contributed by atoms with Crippen molar-refractivity contribution in [2.45, 2.75) is 4.90 Å². The first-order chi connectivity index (χ1) is 10.7. The fraction of sp³-hybridized carbons (Fsp3) is 0.118. The minimum Gasteiger partial charge on any atom is -0.351 e. The molecule has 1 heterocycles. The van der Waals surface area contributed by atoms with Gasteiger partial charge in [0, 0.05) is 21.5 Å². The van der Waals surface area contributed by atoms with E-state index in [1.54, 1.807) is 18.0 Å². The highest BCUT2D eigenvalue weighted by atomic mass is 79.9. The van der Waals surface area contributed by atoms with Crippen molar-refractivity contribution in [1.29, 1.82) is 0 Å². The molecule has 1 N–H and O–H groups in total. The molecule has 1 amide bonds. The lowest BCUT2D eigenvalue weighted by Crippen LogP contribution is -2.34. The van der Waals surface area contributed by atoms with E-state index in [1.165, 1.54) is 5.56 Å². The third-order valence-corrected chi connectivity index (χ3v) is 4.94. The molecule has 0 spiro atoms. The van der Waals surface area contributed by atoms with Crippen LogP contribution in [0, 0.1) is 0 Å². The molecule has 0 aliphatic carbocycles. The molecule has 0 aromatic heterocycles. The first kappa shape index (κ1) is 15.2. The van der Waals surface area contributed by atoms with E-state index in [1.807, 2.05) is 28.6 Å². The van der Waals surface area contributed by atoms with E-state index >= 15 is 0 Å². The summed E-state index contributed by atoms with van der Waals surface area (Å²) >= 11 is 5.13. The van der Waals surface area contributed by atoms with Gasteiger partial charge in [-0.05, 0) is 41.8 Å². The third-order valence-electron chi connectivity index (χ3n) is 3.34. The number of fused-ring (bicyclic) bond motifs is 3. The van der Waals surface area contributed by atoms with E-state index in [2.05, 4.69) is 46.0 Å². The fourth-order valence-electron chi connectivity index (χ4n) is 2.37. The predicted molar refractivity (Wildman–Crippen MR) is 96.0 cm³/mol. The van der Waals surface area contributed by atoms with Crippen LogP contribution in [0.5, 0.6) is 0 Å². The van der Waals surface area contributed by atoms with Crippen molar-refractivity contribution in [3.05, 3.63) is 59.6 Å². The van der Waals surface area contributed by atoms with E-state index in [-0.39, 0.29) is 5.91 Å². The van der Waals surface area contributed by atoms with Crippen LogP contribution in [0.3, 0.4) is 0 Å². The molecule has 1 aliphatic heterocycles. The van der Waals surface area contributed by atoms with Crippen LogP contribution in [0.1, 0.15) is 0 Å². The highest BCUT2D eigenvalue weighted by Crippen LogP contribution is 2.46. The summed E-state index contributed by atoms with van der Waals surface area (Å²) in [4.78, 5) is 13.2. The quantitative estimate of drug-likeness (QED) is 0.641. The maximum Gasteiger partial charge on any atom is 0.240 e. The number of halogens is 1. The molecule has 2 aromatic carbocycles. The van der Waals surface area contributed by atoms with Crippen LogP contribution in [0.2, 0.25) is 0 Å². The SMILES string of the molecule is C=CCNC(=O)CN1Sc2ccccc2-c2cc(Br)ccc21. The van der Waals surface area contributed by atoms with Crippen LogP contribution in [0.15, 0.2) is 64.5 Å². The largest absolute Gasteiger partial charge is 0.351 e. The van der Waals surface area contributed by atoms with Crippen LogP contribution >= 0.6 is 27.9 Å². The summed E-state index contributed by atoms with van der Waals surface area (Å²) in [6.45, 7) is 4.41. The summed E-state index contributed by atoms with van der Waals surface area (Å²) in [6, 6.07) is 14.4. The van der Waals surface area contributed by atoms with Gasteiger partial charge in [0.05, 0.1) is 5.69 Å². The van der Waals surface area contributed by atoms with E-state index in [4.69, 9.17) is 0 Å². The summed E-state index contributed by atoms with van der Waals surface area (Å²) in [5, 5.41) is 2.82. The average Bonchev–Trinajstić information content (AvgIpc) is 2.53. The monoisotopic (exact) mass is 374 g/mol. The topological polar surface area (TPSA) is 32.3 Å². The van der Waals surface area contributed by atoms with Crippen LogP contribution < -0.4 is 9.62 Å². The normalized spacial score (nSPS) is 12.3. The van der Waals surface area contributed by atoms with Crippen molar-refractivity contribution in [2.24, 2.45) is 0 Å². The molecule has 0 bridgehead atoms. The fourth-order valence-corrected chi connectivity index (χ4v) is 3.82. The molecule has 2 aromatic rings. The van der Waals surface area contributed by atoms with E-state index in [0.717, 1.165) is 20.6 Å². The molecule has 0 radical (unpaired) electrons. The number of hydrogen-bond donors (Lipinski definition) is 1. The lowest BCUT2D eigenvalue weighted by atomic mass is 10.0. The number of anilines is 1. The summed E-state index contributed by atoms with van der Waals surface area (Å²) in [7, 11) is 0. The second-order valence-corrected chi connectivity index (χ2v) is 6.86. The second-order valence-electron chi connectivity index (χ2n) is 4.88. The zero-order valence-electron chi connectivity index (χ0n) is 11.9. The molecule has 0 atom stereocenters. The Balaban J connectivity index is 1.95. The molecule has 0 saturated heterocycles. The molecule has 5 heteroatoms. The van der Waals surface area contributed by atoms with Crippen molar-refractivity contribution in [1.82, 2.24) is 5.32 Å². The molecule has 1 aliphatic rings. The first-order valence-corrected chi connectivity index (χ1v) is 8.48. The number of rotatable bonds is 4. The molecular weight excluding hydrogens is 360 g/mol. The zero-order chi connectivity index (χ0) is 15.5. The van der Waals surface area contributed by atoms with E-state index < -0.39 is 0 Å². The highest BCUT2D eigenvalue weighted by Gasteiger charge is 2.24. The molecule has 112 valence electrons. The lowest BCUT2D eigenvalue weighted by Gasteiger charge is -2.31. The molecule has 0 fully saturated rings. The van der Waals surface area contributed by atoms with Gasteiger partial charge in [0.1, 0.15) is 6.54 Å². The van der Waals surface area contributed by atoms with Gasteiger partial charge in [0.15, 0.2) is 0 Å². The first-order valence-electron chi connectivity index (χ1n) is 6.91. The maximum absolute atomic E-state index is 12.0. The van der Waals surface area contributed by atoms with Crippen molar-refractivity contribution >= 4 is 39.5 Å². The Morgan fingerprint density at radius 3 is 2.91 bits per heavy atom. The van der Waals surface area contributed by atoms with Crippen molar-refractivity contribution in [2.75, 3.05) is 17.4 Å². The molecule has 0 unspecified atom stereocenters. The number of benzene rings is 2. The second kappa shape index (κ2) is 6.58. The van der Waals surface area contributed by atoms with Crippen LogP contribution in [-0.2, 0) is 4.79 Å². The maximum atomic E-state index is 12.0. The van der Waals surface area contributed by atoms with Crippen LogP contribution in [0.4, 0.5) is 5.69 Å². The van der Waals surface area contributed by atoms with Gasteiger partial charge in [-0.1, -0.05) is 40.2 Å². The average molecular weight is 375 g/mol. The van der Waals surface area contributed by atoms with Crippen molar-refractivity contribution in [3.8, 4) is 11.1 Å². The zero-order valence-corrected chi connectivity index (χ0v) is 14.3. The standard InChI is InChI=1S/C17H15BrN2OS/c1-2-9-19-17(21)11-20-15-8-7-12(18)10-14(15)13-5-3-4-6-16(13)22-20/h2-8,10H,1,9,11H2,(H,19,21). The van der Waals surface area contributed by atoms with Crippen molar-refractivity contribution < 1.29 is 4.79 Å². The molecule has 22 heavy (non-hydrogen) atoms. The smallest absolute Gasteiger partial charge is 0.240 e. The van der Waals surface area contributed by atoms with Gasteiger partial charge >= 0.3 is 0 Å². The van der Waals surface area contributed by atoms with Crippen molar-refractivity contribution in [3.63, 3.8) is 0 Å². The minimum atomic E-state index is -0.0133. The minimum absolute atomic E-state index is 0.0133. The van der Waals surface area contributed by atoms with E-state index in [0.29, 0.717) is 13.1 Å². The highest BCUT2D eigenvalue weighted by molar-refractivity contribution is 9.10. The molecule has 3 nitrogen and oxygen atoms in total.